The summed E-state index contributed by atoms with van der Waals surface area (Å²) in [5, 5.41) is 12.7. The zero-order chi connectivity index (χ0) is 26.8. The van der Waals surface area contributed by atoms with Crippen molar-refractivity contribution in [1.29, 1.82) is 0 Å². The molecule has 0 unspecified atom stereocenters. The maximum absolute atomic E-state index is 12.1. The van der Waals surface area contributed by atoms with Crippen LogP contribution in [0.1, 0.15) is 18.4 Å². The van der Waals surface area contributed by atoms with Crippen molar-refractivity contribution in [2.45, 2.75) is 18.8 Å². The summed E-state index contributed by atoms with van der Waals surface area (Å²) in [4.78, 5) is 23.2. The fraction of sp³-hybridized carbons (Fsp3) is 0.227. The highest BCUT2D eigenvalue weighted by Gasteiger charge is 2.14. The van der Waals surface area contributed by atoms with Crippen LogP contribution in [-0.4, -0.2) is 47.2 Å². The predicted octanol–water partition coefficient (Wildman–Crippen LogP) is 4.22. The number of halogens is 3. The number of rotatable bonds is 13. The van der Waals surface area contributed by atoms with Gasteiger partial charge in [-0.3, -0.25) is 9.59 Å². The summed E-state index contributed by atoms with van der Waals surface area (Å²) in [6.45, 7) is 1.87. The standard InChI is InChI=1S/C22H20BrCl2N5O6S/c1-2-33-17-6-12(5-14(23)21(17)35-9-18(26)31)8-27-28-19(32)11-37-22-30-29-20(36-22)10-34-16-4-3-13(24)7-15(16)25/h3-8H,2,9-11H2,1H3,(H2,26,31)(H,28,32)/b27-8-. The average Bonchev–Trinajstić information content (AvgIpc) is 3.29. The molecule has 0 atom stereocenters. The maximum atomic E-state index is 12.1. The summed E-state index contributed by atoms with van der Waals surface area (Å²) < 4.78 is 22.5. The Labute approximate surface area is 234 Å². The van der Waals surface area contributed by atoms with Crippen LogP contribution < -0.4 is 25.4 Å². The van der Waals surface area contributed by atoms with Gasteiger partial charge in [-0.1, -0.05) is 35.0 Å². The molecule has 15 heteroatoms. The minimum absolute atomic E-state index is 0.00292. The second kappa shape index (κ2) is 14.1. The number of nitrogens with two attached hydrogens (primary N) is 1. The Kier molecular flexibility index (Phi) is 10.9. The predicted molar refractivity (Wildman–Crippen MR) is 142 cm³/mol. The van der Waals surface area contributed by atoms with Crippen molar-refractivity contribution in [2.24, 2.45) is 10.8 Å². The Balaban J connectivity index is 1.49. The highest BCUT2D eigenvalue weighted by Crippen LogP contribution is 2.36. The Morgan fingerprint density at radius 2 is 2.00 bits per heavy atom. The third-order valence-electron chi connectivity index (χ3n) is 4.11. The van der Waals surface area contributed by atoms with Gasteiger partial charge < -0.3 is 24.4 Å². The van der Waals surface area contributed by atoms with Crippen molar-refractivity contribution >= 4 is 68.9 Å². The lowest BCUT2D eigenvalue weighted by Gasteiger charge is -2.13. The number of amides is 2. The summed E-state index contributed by atoms with van der Waals surface area (Å²) in [6.07, 6.45) is 1.43. The molecule has 2 aromatic carbocycles. The molecule has 3 aromatic rings. The third-order valence-corrected chi connectivity index (χ3v) is 6.05. The Hall–Kier alpha value is -3.00. The van der Waals surface area contributed by atoms with Gasteiger partial charge in [-0.15, -0.1) is 10.2 Å². The van der Waals surface area contributed by atoms with Crippen LogP contribution in [0.5, 0.6) is 17.2 Å². The molecule has 0 saturated carbocycles. The first-order valence-electron chi connectivity index (χ1n) is 10.5. The number of hydrogen-bond donors (Lipinski definition) is 2. The molecular formula is C22H20BrCl2N5O6S. The number of carbonyl (C=O) groups is 2. The molecule has 3 rings (SSSR count). The highest BCUT2D eigenvalue weighted by atomic mass is 79.9. The quantitative estimate of drug-likeness (QED) is 0.160. The Morgan fingerprint density at radius 3 is 2.73 bits per heavy atom. The van der Waals surface area contributed by atoms with Crippen LogP contribution in [0, 0.1) is 0 Å². The summed E-state index contributed by atoms with van der Waals surface area (Å²) in [5.41, 5.74) is 8.16. The van der Waals surface area contributed by atoms with Gasteiger partial charge in [-0.25, -0.2) is 5.43 Å². The van der Waals surface area contributed by atoms with Crippen LogP contribution in [0.3, 0.4) is 0 Å². The summed E-state index contributed by atoms with van der Waals surface area (Å²) in [6, 6.07) is 8.16. The van der Waals surface area contributed by atoms with E-state index in [2.05, 4.69) is 36.7 Å². The minimum Gasteiger partial charge on any atom is -0.490 e. The Morgan fingerprint density at radius 1 is 1.19 bits per heavy atom. The molecule has 37 heavy (non-hydrogen) atoms. The van der Waals surface area contributed by atoms with Crippen LogP contribution in [0.4, 0.5) is 0 Å². The number of carbonyl (C=O) groups excluding carboxylic acids is 2. The minimum atomic E-state index is -0.617. The SMILES string of the molecule is CCOc1cc(/C=N\NC(=O)CSc2nnc(COc3ccc(Cl)cc3Cl)o2)cc(Br)c1OCC(N)=O. The fourth-order valence-electron chi connectivity index (χ4n) is 2.63. The second-order valence-electron chi connectivity index (χ2n) is 6.92. The normalized spacial score (nSPS) is 10.9. The summed E-state index contributed by atoms with van der Waals surface area (Å²) in [5.74, 6) is 0.324. The van der Waals surface area contributed by atoms with E-state index in [1.54, 1.807) is 37.3 Å². The first kappa shape index (κ1) is 28.6. The molecule has 196 valence electrons. The van der Waals surface area contributed by atoms with E-state index in [-0.39, 0.29) is 30.1 Å². The number of aromatic nitrogens is 2. The van der Waals surface area contributed by atoms with Crippen LogP contribution >= 0.6 is 50.9 Å². The van der Waals surface area contributed by atoms with Crippen molar-refractivity contribution in [3.63, 3.8) is 0 Å². The number of primary amides is 1. The van der Waals surface area contributed by atoms with Crippen LogP contribution in [-0.2, 0) is 16.2 Å². The van der Waals surface area contributed by atoms with Gasteiger partial charge in [-0.2, -0.15) is 5.10 Å². The molecular weight excluding hydrogens is 613 g/mol. The smallest absolute Gasteiger partial charge is 0.277 e. The molecule has 0 fully saturated rings. The molecule has 0 spiro atoms. The summed E-state index contributed by atoms with van der Waals surface area (Å²) in [7, 11) is 0. The van der Waals surface area contributed by atoms with E-state index >= 15 is 0 Å². The molecule has 1 aromatic heterocycles. The molecule has 11 nitrogen and oxygen atoms in total. The molecule has 3 N–H and O–H groups in total. The molecule has 1 heterocycles. The van der Waals surface area contributed by atoms with Crippen molar-refractivity contribution < 1.29 is 28.2 Å². The van der Waals surface area contributed by atoms with E-state index in [9.17, 15) is 9.59 Å². The number of benzene rings is 2. The number of ether oxygens (including phenoxy) is 3. The molecule has 0 aliphatic rings. The molecule has 0 aliphatic carbocycles. The van der Waals surface area contributed by atoms with Crippen LogP contribution in [0.25, 0.3) is 0 Å². The van der Waals surface area contributed by atoms with Crippen molar-refractivity contribution in [3.05, 3.63) is 56.3 Å². The first-order valence-corrected chi connectivity index (χ1v) is 13.0. The van der Waals surface area contributed by atoms with Gasteiger partial charge in [0.15, 0.2) is 24.7 Å². The van der Waals surface area contributed by atoms with Crippen molar-refractivity contribution in [2.75, 3.05) is 19.0 Å². The topological polar surface area (TPSA) is 151 Å². The van der Waals surface area contributed by atoms with Gasteiger partial charge in [0.05, 0.1) is 28.1 Å². The zero-order valence-corrected chi connectivity index (χ0v) is 23.1. The van der Waals surface area contributed by atoms with E-state index in [1.807, 2.05) is 0 Å². The lowest BCUT2D eigenvalue weighted by molar-refractivity contribution is -0.120. The molecule has 0 bridgehead atoms. The van der Waals surface area contributed by atoms with Gasteiger partial charge in [0.1, 0.15) is 5.75 Å². The molecule has 2 amide bonds. The van der Waals surface area contributed by atoms with Gasteiger partial charge in [0.25, 0.3) is 22.9 Å². The van der Waals surface area contributed by atoms with Crippen LogP contribution in [0.2, 0.25) is 10.0 Å². The molecule has 0 radical (unpaired) electrons. The van der Waals surface area contributed by atoms with Gasteiger partial charge in [-0.05, 0) is 58.7 Å². The number of thioether (sulfide) groups is 1. The number of hydrogen-bond acceptors (Lipinski definition) is 10. The van der Waals surface area contributed by atoms with Gasteiger partial charge in [0.2, 0.25) is 0 Å². The monoisotopic (exact) mass is 631 g/mol. The fourth-order valence-corrected chi connectivity index (χ4v) is 4.24. The number of nitrogens with one attached hydrogen (secondary N) is 1. The third kappa shape index (κ3) is 9.11. The average molecular weight is 633 g/mol. The van der Waals surface area contributed by atoms with E-state index < -0.39 is 11.8 Å². The maximum Gasteiger partial charge on any atom is 0.277 e. The lowest BCUT2D eigenvalue weighted by atomic mass is 10.2. The van der Waals surface area contributed by atoms with E-state index in [0.717, 1.165) is 11.8 Å². The molecule has 0 aliphatic heterocycles. The molecule has 0 saturated heterocycles. The van der Waals surface area contributed by atoms with E-state index in [0.29, 0.717) is 43.9 Å². The van der Waals surface area contributed by atoms with Crippen molar-refractivity contribution in [3.8, 4) is 17.2 Å². The Bertz CT molecular complexity index is 1290. The number of nitrogens with zero attached hydrogens (tertiary/aromatic N) is 3. The second-order valence-corrected chi connectivity index (χ2v) is 9.55. The number of hydrazone groups is 1. The first-order chi connectivity index (χ1) is 17.7. The lowest BCUT2D eigenvalue weighted by Crippen LogP contribution is -2.20. The van der Waals surface area contributed by atoms with Gasteiger partial charge in [0, 0.05) is 5.02 Å². The zero-order valence-electron chi connectivity index (χ0n) is 19.2. The van der Waals surface area contributed by atoms with E-state index in [1.165, 1.54) is 6.21 Å². The van der Waals surface area contributed by atoms with E-state index in [4.69, 9.17) is 47.6 Å². The van der Waals surface area contributed by atoms with Gasteiger partial charge >= 0.3 is 0 Å². The largest absolute Gasteiger partial charge is 0.490 e. The van der Waals surface area contributed by atoms with Crippen LogP contribution in [0.15, 0.2) is 49.5 Å². The summed E-state index contributed by atoms with van der Waals surface area (Å²) >= 11 is 16.3. The highest BCUT2D eigenvalue weighted by molar-refractivity contribution is 9.10. The van der Waals surface area contributed by atoms with Crippen molar-refractivity contribution in [1.82, 2.24) is 15.6 Å².